The quantitative estimate of drug-likeness (QED) is 0.509. The van der Waals surface area contributed by atoms with Gasteiger partial charge in [-0.1, -0.05) is 10.8 Å². The third-order valence-electron chi connectivity index (χ3n) is 1.55. The smallest absolute Gasteiger partial charge is 0.233 e. The van der Waals surface area contributed by atoms with Crippen molar-refractivity contribution in [1.82, 2.24) is 4.90 Å². The summed E-state index contributed by atoms with van der Waals surface area (Å²) in [6.45, 7) is 2.80. The molecule has 5 heteroatoms. The van der Waals surface area contributed by atoms with E-state index in [0.29, 0.717) is 19.0 Å². The highest BCUT2D eigenvalue weighted by molar-refractivity contribution is 8.68. The van der Waals surface area contributed by atoms with E-state index in [9.17, 15) is 4.79 Å². The van der Waals surface area contributed by atoms with Crippen molar-refractivity contribution in [3.63, 3.8) is 0 Å². The molecule has 1 heterocycles. The first-order valence-electron chi connectivity index (χ1n) is 3.46. The zero-order valence-corrected chi connectivity index (χ0v) is 7.87. The number of amides is 1. The molecule has 11 heavy (non-hydrogen) atoms. The van der Waals surface area contributed by atoms with Gasteiger partial charge in [-0.05, 0) is 0 Å². The minimum Gasteiger partial charge on any atom is -0.378 e. The Morgan fingerprint density at radius 3 is 2.73 bits per heavy atom. The van der Waals surface area contributed by atoms with Crippen molar-refractivity contribution in [3.8, 4) is 0 Å². The Kier molecular flexibility index (Phi) is 4.11. The first-order chi connectivity index (χ1) is 5.34. The number of hydrogen-bond acceptors (Lipinski definition) is 4. The molecule has 0 aromatic heterocycles. The number of carbonyl (C=O) groups is 1. The highest BCUT2D eigenvalue weighted by atomic mass is 33.1. The predicted molar refractivity (Wildman–Crippen MR) is 48.8 cm³/mol. The standard InChI is InChI=1S/C6H11NO2S2/c8-6(5-11-10)7-1-3-9-4-2-7/h10H,1-5H2. The second kappa shape index (κ2) is 4.90. The molecule has 0 aliphatic carbocycles. The fraction of sp³-hybridized carbons (Fsp3) is 0.833. The van der Waals surface area contributed by atoms with Gasteiger partial charge in [0.1, 0.15) is 0 Å². The van der Waals surface area contributed by atoms with Crippen molar-refractivity contribution in [2.45, 2.75) is 0 Å². The lowest BCUT2D eigenvalue weighted by atomic mass is 10.4. The lowest BCUT2D eigenvalue weighted by Gasteiger charge is -2.26. The molecule has 0 N–H and O–H groups in total. The van der Waals surface area contributed by atoms with Crippen molar-refractivity contribution >= 4 is 28.4 Å². The predicted octanol–water partition coefficient (Wildman–Crippen LogP) is 0.423. The molecule has 1 fully saturated rings. The Morgan fingerprint density at radius 2 is 2.18 bits per heavy atom. The van der Waals surface area contributed by atoms with Crippen molar-refractivity contribution in [1.29, 1.82) is 0 Å². The second-order valence-electron chi connectivity index (χ2n) is 2.27. The van der Waals surface area contributed by atoms with Crippen molar-refractivity contribution < 1.29 is 9.53 Å². The molecule has 0 saturated carbocycles. The number of thiol groups is 1. The van der Waals surface area contributed by atoms with Crippen LogP contribution in [0.2, 0.25) is 0 Å². The van der Waals surface area contributed by atoms with Gasteiger partial charge in [-0.15, -0.1) is 11.7 Å². The minimum atomic E-state index is 0.160. The lowest BCUT2D eigenvalue weighted by molar-refractivity contribution is -0.132. The summed E-state index contributed by atoms with van der Waals surface area (Å²) in [5.74, 6) is 0.622. The van der Waals surface area contributed by atoms with Crippen LogP contribution in [-0.2, 0) is 9.53 Å². The largest absolute Gasteiger partial charge is 0.378 e. The number of carbonyl (C=O) groups excluding carboxylic acids is 1. The summed E-state index contributed by atoms with van der Waals surface area (Å²) in [7, 11) is 1.27. The molecule has 1 aliphatic rings. The molecule has 0 unspecified atom stereocenters. The van der Waals surface area contributed by atoms with Crippen LogP contribution in [0.1, 0.15) is 0 Å². The van der Waals surface area contributed by atoms with Crippen LogP contribution in [0.5, 0.6) is 0 Å². The molecule has 0 radical (unpaired) electrons. The monoisotopic (exact) mass is 193 g/mol. The van der Waals surface area contributed by atoms with E-state index in [0.717, 1.165) is 13.1 Å². The molecular formula is C6H11NO2S2. The van der Waals surface area contributed by atoms with Crippen LogP contribution >= 0.6 is 22.5 Å². The Balaban J connectivity index is 2.27. The highest BCUT2D eigenvalue weighted by Crippen LogP contribution is 2.07. The van der Waals surface area contributed by atoms with E-state index < -0.39 is 0 Å². The maximum atomic E-state index is 11.2. The van der Waals surface area contributed by atoms with E-state index in [2.05, 4.69) is 11.7 Å². The van der Waals surface area contributed by atoms with Gasteiger partial charge in [-0.2, -0.15) is 0 Å². The summed E-state index contributed by atoms with van der Waals surface area (Å²) in [5.41, 5.74) is 0. The topological polar surface area (TPSA) is 29.5 Å². The van der Waals surface area contributed by atoms with E-state index >= 15 is 0 Å². The van der Waals surface area contributed by atoms with Crippen molar-refractivity contribution in [3.05, 3.63) is 0 Å². The molecule has 0 aromatic rings. The maximum Gasteiger partial charge on any atom is 0.233 e. The molecule has 1 saturated heterocycles. The minimum absolute atomic E-state index is 0.160. The zero-order valence-electron chi connectivity index (χ0n) is 6.15. The van der Waals surface area contributed by atoms with Crippen molar-refractivity contribution in [2.24, 2.45) is 0 Å². The van der Waals surface area contributed by atoms with Crippen LogP contribution < -0.4 is 0 Å². The number of hydrogen-bond donors (Lipinski definition) is 1. The van der Waals surface area contributed by atoms with E-state index in [1.807, 2.05) is 4.90 Å². The number of nitrogens with zero attached hydrogens (tertiary/aromatic N) is 1. The Morgan fingerprint density at radius 1 is 1.55 bits per heavy atom. The molecule has 0 spiro atoms. The zero-order chi connectivity index (χ0) is 8.10. The summed E-state index contributed by atoms with van der Waals surface area (Å²) in [4.78, 5) is 13.0. The second-order valence-corrected chi connectivity index (χ2v) is 3.59. The third kappa shape index (κ3) is 2.92. The summed E-state index contributed by atoms with van der Waals surface area (Å²) < 4.78 is 5.11. The number of ether oxygens (including phenoxy) is 1. The summed E-state index contributed by atoms with van der Waals surface area (Å²) in [6.07, 6.45) is 0. The van der Waals surface area contributed by atoms with Crippen LogP contribution in [0, 0.1) is 0 Å². The maximum absolute atomic E-state index is 11.2. The van der Waals surface area contributed by atoms with E-state index in [1.54, 1.807) is 0 Å². The fourth-order valence-corrected chi connectivity index (χ4v) is 1.58. The van der Waals surface area contributed by atoms with Crippen LogP contribution in [0.15, 0.2) is 0 Å². The highest BCUT2D eigenvalue weighted by Gasteiger charge is 2.15. The van der Waals surface area contributed by atoms with Crippen molar-refractivity contribution in [2.75, 3.05) is 32.1 Å². The molecule has 3 nitrogen and oxygen atoms in total. The van der Waals surface area contributed by atoms with E-state index in [-0.39, 0.29) is 5.91 Å². The Labute approximate surface area is 75.3 Å². The first kappa shape index (κ1) is 9.22. The van der Waals surface area contributed by atoms with Crippen LogP contribution in [0.25, 0.3) is 0 Å². The molecule has 64 valence electrons. The lowest BCUT2D eigenvalue weighted by Crippen LogP contribution is -2.41. The molecule has 1 rings (SSSR count). The SMILES string of the molecule is O=C(CSS)N1CCOCC1. The van der Waals surface area contributed by atoms with Gasteiger partial charge >= 0.3 is 0 Å². The third-order valence-corrected chi connectivity index (χ3v) is 2.32. The van der Waals surface area contributed by atoms with Crippen LogP contribution in [0.3, 0.4) is 0 Å². The van der Waals surface area contributed by atoms with Gasteiger partial charge in [0.15, 0.2) is 0 Å². The summed E-state index contributed by atoms with van der Waals surface area (Å²) >= 11 is 3.92. The van der Waals surface area contributed by atoms with Gasteiger partial charge < -0.3 is 9.64 Å². The van der Waals surface area contributed by atoms with Crippen LogP contribution in [0.4, 0.5) is 0 Å². The first-order valence-corrected chi connectivity index (χ1v) is 5.50. The molecule has 0 bridgehead atoms. The van der Waals surface area contributed by atoms with E-state index in [1.165, 1.54) is 10.8 Å². The molecule has 1 amide bonds. The van der Waals surface area contributed by atoms with E-state index in [4.69, 9.17) is 4.74 Å². The number of morpholine rings is 1. The van der Waals surface area contributed by atoms with Gasteiger partial charge in [-0.3, -0.25) is 4.79 Å². The molecule has 0 aromatic carbocycles. The number of rotatable bonds is 2. The molecular weight excluding hydrogens is 182 g/mol. The fourth-order valence-electron chi connectivity index (χ4n) is 0.959. The molecule has 1 aliphatic heterocycles. The van der Waals surface area contributed by atoms with Gasteiger partial charge in [0.2, 0.25) is 5.91 Å². The molecule has 0 atom stereocenters. The average molecular weight is 193 g/mol. The van der Waals surface area contributed by atoms with Gasteiger partial charge in [0.25, 0.3) is 0 Å². The Hall–Kier alpha value is 0.130. The van der Waals surface area contributed by atoms with Gasteiger partial charge in [0.05, 0.1) is 19.0 Å². The summed E-state index contributed by atoms with van der Waals surface area (Å²) in [5, 5.41) is 0. The van der Waals surface area contributed by atoms with Gasteiger partial charge in [0, 0.05) is 13.1 Å². The van der Waals surface area contributed by atoms with Crippen LogP contribution in [-0.4, -0.2) is 42.9 Å². The normalized spacial score (nSPS) is 18.5. The Bertz CT molecular complexity index is 137. The summed E-state index contributed by atoms with van der Waals surface area (Å²) in [6, 6.07) is 0. The average Bonchev–Trinajstić information content (AvgIpc) is 2.07. The van der Waals surface area contributed by atoms with Gasteiger partial charge in [-0.25, -0.2) is 0 Å².